The summed E-state index contributed by atoms with van der Waals surface area (Å²) in [7, 11) is 1.51. The summed E-state index contributed by atoms with van der Waals surface area (Å²) >= 11 is 0. The van der Waals surface area contributed by atoms with Gasteiger partial charge in [-0.3, -0.25) is 9.69 Å². The zero-order valence-electron chi connectivity index (χ0n) is 25.0. The molecular formula is C32H34N10O3. The lowest BCUT2D eigenvalue weighted by molar-refractivity contribution is -0.119. The Morgan fingerprint density at radius 2 is 1.62 bits per heavy atom. The van der Waals surface area contributed by atoms with Crippen LogP contribution in [0.3, 0.4) is 0 Å². The van der Waals surface area contributed by atoms with Crippen LogP contribution in [-0.2, 0) is 16.0 Å². The van der Waals surface area contributed by atoms with Crippen molar-refractivity contribution >= 4 is 23.6 Å². The zero-order valence-corrected chi connectivity index (χ0v) is 25.0. The lowest BCUT2D eigenvalue weighted by Gasteiger charge is -2.36. The Balaban J connectivity index is 1.15. The molecule has 2 aliphatic rings. The molecule has 1 saturated heterocycles. The number of aryl methyl sites for hydroxylation is 1. The molecule has 0 atom stereocenters. The van der Waals surface area contributed by atoms with Gasteiger partial charge in [0, 0.05) is 54.4 Å². The average molecular weight is 607 g/mol. The van der Waals surface area contributed by atoms with Crippen molar-refractivity contribution in [2.75, 3.05) is 35.9 Å². The van der Waals surface area contributed by atoms with E-state index in [1.54, 1.807) is 29.7 Å². The minimum absolute atomic E-state index is 0.0121. The van der Waals surface area contributed by atoms with Crippen LogP contribution in [0.5, 0.6) is 6.01 Å². The van der Waals surface area contributed by atoms with Gasteiger partial charge in [-0.25, -0.2) is 24.9 Å². The maximum atomic E-state index is 13.8. The van der Waals surface area contributed by atoms with E-state index >= 15 is 0 Å². The molecule has 1 aliphatic heterocycles. The fraction of sp³-hybridized carbons (Fsp3) is 0.375. The monoisotopic (exact) mass is 606 g/mol. The molecule has 1 saturated carbocycles. The van der Waals surface area contributed by atoms with E-state index in [4.69, 9.17) is 9.47 Å². The smallest absolute Gasteiger partial charge is 0.316 e. The van der Waals surface area contributed by atoms with Crippen molar-refractivity contribution in [2.45, 2.75) is 56.7 Å². The van der Waals surface area contributed by atoms with Crippen molar-refractivity contribution < 1.29 is 14.3 Å². The van der Waals surface area contributed by atoms with Gasteiger partial charge >= 0.3 is 6.01 Å². The maximum absolute atomic E-state index is 13.8. The molecule has 4 aromatic rings. The molecule has 6 rings (SSSR count). The van der Waals surface area contributed by atoms with Crippen molar-refractivity contribution in [3.05, 3.63) is 72.4 Å². The highest BCUT2D eigenvalue weighted by atomic mass is 16.5. The summed E-state index contributed by atoms with van der Waals surface area (Å²) < 4.78 is 10.3. The van der Waals surface area contributed by atoms with E-state index in [1.807, 2.05) is 30.3 Å². The lowest BCUT2D eigenvalue weighted by Crippen LogP contribution is -2.45. The Bertz CT molecular complexity index is 1620. The van der Waals surface area contributed by atoms with Crippen LogP contribution >= 0.6 is 0 Å². The van der Waals surface area contributed by atoms with Gasteiger partial charge in [0.05, 0.1) is 32.6 Å². The number of carbonyl (C=O) groups is 1. The van der Waals surface area contributed by atoms with Crippen LogP contribution in [-0.4, -0.2) is 74.3 Å². The highest BCUT2D eigenvalue weighted by Gasteiger charge is 2.32. The van der Waals surface area contributed by atoms with E-state index in [-0.39, 0.29) is 30.0 Å². The summed E-state index contributed by atoms with van der Waals surface area (Å²) in [5.74, 6) is 1.35. The van der Waals surface area contributed by atoms with E-state index in [2.05, 4.69) is 46.6 Å². The van der Waals surface area contributed by atoms with Gasteiger partial charge in [0.25, 0.3) is 0 Å². The molecule has 0 unspecified atom stereocenters. The van der Waals surface area contributed by atoms with Gasteiger partial charge < -0.3 is 20.1 Å². The van der Waals surface area contributed by atoms with Crippen LogP contribution in [0, 0.1) is 11.3 Å². The Morgan fingerprint density at radius 3 is 2.24 bits per heavy atom. The van der Waals surface area contributed by atoms with E-state index in [0.717, 1.165) is 42.4 Å². The molecule has 230 valence electrons. The normalized spacial score (nSPS) is 17.9. The predicted octanol–water partition coefficient (Wildman–Crippen LogP) is 3.80. The second-order valence-electron chi connectivity index (χ2n) is 11.1. The number of nitrogens with one attached hydrogen (secondary N) is 2. The number of hydrogen-bond acceptors (Lipinski definition) is 12. The SMILES string of the molecule is COc1ncc(-c2cnc(N(C(=O)CCc3ccccc3)C3CCC(Nc4ncc(C#N)c(NC5COC5)n4)CC3)nc2)cn1. The number of anilines is 3. The molecule has 0 radical (unpaired) electrons. The van der Waals surface area contributed by atoms with Crippen molar-refractivity contribution in [3.63, 3.8) is 0 Å². The number of amides is 1. The second-order valence-corrected chi connectivity index (χ2v) is 11.1. The van der Waals surface area contributed by atoms with Crippen LogP contribution in [0.1, 0.15) is 43.2 Å². The fourth-order valence-electron chi connectivity index (χ4n) is 5.48. The number of hydrogen-bond donors (Lipinski definition) is 2. The molecule has 0 spiro atoms. The van der Waals surface area contributed by atoms with Gasteiger partial charge in [-0.15, -0.1) is 0 Å². The van der Waals surface area contributed by atoms with E-state index in [1.165, 1.54) is 13.3 Å². The molecule has 13 nitrogen and oxygen atoms in total. The van der Waals surface area contributed by atoms with E-state index < -0.39 is 0 Å². The molecular weight excluding hydrogens is 572 g/mol. The first kappa shape index (κ1) is 29.8. The first-order chi connectivity index (χ1) is 22.1. The molecule has 0 bridgehead atoms. The van der Waals surface area contributed by atoms with Gasteiger partial charge in [-0.05, 0) is 37.7 Å². The standard InChI is InChI=1S/C32H34N10O3/c1-44-32-37-17-24(18-38-32)23-15-35-31(36-16-23)42(28(43)12-7-21-5-3-2-4-6-21)27-10-8-25(9-11-27)40-30-34-14-22(13-33)29(41-30)39-26-19-45-20-26/h2-6,14-18,25-27H,7-12,19-20H2,1H3,(H2,34,39,40,41). The predicted molar refractivity (Wildman–Crippen MR) is 167 cm³/mol. The van der Waals surface area contributed by atoms with Gasteiger partial charge in [0.2, 0.25) is 17.8 Å². The Morgan fingerprint density at radius 1 is 0.933 bits per heavy atom. The number of nitrogens with zero attached hydrogens (tertiary/aromatic N) is 8. The molecule has 1 aliphatic carbocycles. The molecule has 13 heteroatoms. The minimum Gasteiger partial charge on any atom is -0.467 e. The quantitative estimate of drug-likeness (QED) is 0.254. The Kier molecular flexibility index (Phi) is 9.31. The van der Waals surface area contributed by atoms with Gasteiger partial charge in [-0.1, -0.05) is 30.3 Å². The van der Waals surface area contributed by atoms with Crippen LogP contribution in [0.15, 0.2) is 61.3 Å². The summed E-state index contributed by atoms with van der Waals surface area (Å²) in [6, 6.07) is 12.6. The van der Waals surface area contributed by atoms with Gasteiger partial charge in [0.15, 0.2) is 0 Å². The molecule has 2 fully saturated rings. The highest BCUT2D eigenvalue weighted by Crippen LogP contribution is 2.29. The summed E-state index contributed by atoms with van der Waals surface area (Å²) in [5, 5.41) is 16.2. The van der Waals surface area contributed by atoms with Crippen molar-refractivity contribution in [1.29, 1.82) is 5.26 Å². The van der Waals surface area contributed by atoms with E-state index in [0.29, 0.717) is 49.3 Å². The molecule has 1 aromatic carbocycles. The third kappa shape index (κ3) is 7.30. The number of carbonyl (C=O) groups excluding carboxylic acids is 1. The summed E-state index contributed by atoms with van der Waals surface area (Å²) in [6.07, 6.45) is 12.3. The highest BCUT2D eigenvalue weighted by molar-refractivity contribution is 5.92. The van der Waals surface area contributed by atoms with Crippen molar-refractivity contribution in [2.24, 2.45) is 0 Å². The van der Waals surface area contributed by atoms with E-state index in [9.17, 15) is 10.1 Å². The summed E-state index contributed by atoms with van der Waals surface area (Å²) in [5.41, 5.74) is 2.99. The number of ether oxygens (including phenoxy) is 2. The molecule has 2 N–H and O–H groups in total. The van der Waals surface area contributed by atoms with Crippen LogP contribution < -0.4 is 20.3 Å². The first-order valence-corrected chi connectivity index (χ1v) is 15.0. The number of aromatic nitrogens is 6. The number of benzene rings is 1. The molecule has 3 aromatic heterocycles. The molecule has 45 heavy (non-hydrogen) atoms. The zero-order chi connectivity index (χ0) is 31.0. The van der Waals surface area contributed by atoms with Crippen LogP contribution in [0.4, 0.5) is 17.7 Å². The topological polar surface area (TPSA) is 164 Å². The Hall–Kier alpha value is -5.22. The number of nitriles is 1. The number of methoxy groups -OCH3 is 1. The average Bonchev–Trinajstić information content (AvgIpc) is 3.07. The largest absolute Gasteiger partial charge is 0.467 e. The van der Waals surface area contributed by atoms with Crippen molar-refractivity contribution in [3.8, 4) is 23.2 Å². The first-order valence-electron chi connectivity index (χ1n) is 15.0. The maximum Gasteiger partial charge on any atom is 0.316 e. The fourth-order valence-corrected chi connectivity index (χ4v) is 5.48. The second kappa shape index (κ2) is 14.0. The summed E-state index contributed by atoms with van der Waals surface area (Å²) in [4.78, 5) is 42.1. The van der Waals surface area contributed by atoms with Crippen LogP contribution in [0.2, 0.25) is 0 Å². The van der Waals surface area contributed by atoms with Crippen molar-refractivity contribution in [1.82, 2.24) is 29.9 Å². The summed E-state index contributed by atoms with van der Waals surface area (Å²) in [6.45, 7) is 1.18. The Labute approximate surface area is 261 Å². The van der Waals surface area contributed by atoms with Crippen LogP contribution in [0.25, 0.3) is 11.1 Å². The molecule has 4 heterocycles. The van der Waals surface area contributed by atoms with Gasteiger partial charge in [-0.2, -0.15) is 10.2 Å². The third-order valence-electron chi connectivity index (χ3n) is 8.02. The lowest BCUT2D eigenvalue weighted by atomic mass is 9.90. The minimum atomic E-state index is -0.0563. The number of rotatable bonds is 11. The molecule has 1 amide bonds. The van der Waals surface area contributed by atoms with Gasteiger partial charge in [0.1, 0.15) is 17.5 Å². The third-order valence-corrected chi connectivity index (χ3v) is 8.02.